The minimum atomic E-state index is -4.01. The van der Waals surface area contributed by atoms with E-state index < -0.39 is 28.4 Å². The Morgan fingerprint density at radius 2 is 1.74 bits per heavy atom. The molecule has 2 aromatic carbocycles. The van der Waals surface area contributed by atoms with E-state index in [0.717, 1.165) is 5.56 Å². The molecule has 0 radical (unpaired) electrons. The molecule has 8 heteroatoms. The molecule has 142 valence electrons. The Balaban J connectivity index is 1.80. The summed E-state index contributed by atoms with van der Waals surface area (Å²) in [6, 6.07) is 15.3. The number of hydrogen-bond donors (Lipinski definition) is 0. The van der Waals surface area contributed by atoms with Crippen LogP contribution in [0, 0.1) is 0 Å². The van der Waals surface area contributed by atoms with E-state index in [1.54, 1.807) is 12.1 Å². The summed E-state index contributed by atoms with van der Waals surface area (Å²) in [7, 11) is -2.49. The maximum absolute atomic E-state index is 12.8. The number of fused-ring (bicyclic) bond motifs is 1. The highest BCUT2D eigenvalue weighted by molar-refractivity contribution is 7.90. The molecule has 0 saturated carbocycles. The largest absolute Gasteiger partial charge is 0.383 e. The Morgan fingerprint density at radius 1 is 1.07 bits per heavy atom. The van der Waals surface area contributed by atoms with Crippen LogP contribution in [0.1, 0.15) is 15.9 Å². The van der Waals surface area contributed by atoms with Crippen molar-refractivity contribution in [2.75, 3.05) is 26.8 Å². The molecule has 0 bridgehead atoms. The molecule has 0 spiro atoms. The molecule has 0 atom stereocenters. The number of amides is 2. The van der Waals surface area contributed by atoms with Crippen LogP contribution >= 0.6 is 0 Å². The van der Waals surface area contributed by atoms with Gasteiger partial charge in [-0.2, -0.15) is 0 Å². The van der Waals surface area contributed by atoms with Crippen LogP contribution in [-0.4, -0.2) is 56.2 Å². The Labute approximate surface area is 158 Å². The van der Waals surface area contributed by atoms with E-state index in [1.807, 2.05) is 30.3 Å². The second kappa shape index (κ2) is 7.89. The monoisotopic (exact) mass is 388 g/mol. The van der Waals surface area contributed by atoms with Crippen molar-refractivity contribution in [1.29, 1.82) is 0 Å². The maximum atomic E-state index is 12.8. The lowest BCUT2D eigenvalue weighted by atomic mass is 10.2. The first-order chi connectivity index (χ1) is 12.9. The lowest BCUT2D eigenvalue weighted by Gasteiger charge is -2.25. The zero-order valence-electron chi connectivity index (χ0n) is 14.9. The number of rotatable bonds is 7. The van der Waals surface area contributed by atoms with E-state index in [1.165, 1.54) is 24.1 Å². The van der Waals surface area contributed by atoms with Crippen molar-refractivity contribution in [3.05, 3.63) is 65.7 Å². The standard InChI is InChI=1S/C19H20N2O5S/c1-26-12-11-20(13-15-7-3-2-4-8-15)18(22)14-21-19(23)16-9-5-6-10-17(16)27(21,24)25/h2-10H,11-14H2,1H3. The SMILES string of the molecule is COCCN(Cc1ccccc1)C(=O)CN1C(=O)c2ccccc2S1(=O)=O. The molecule has 27 heavy (non-hydrogen) atoms. The molecule has 0 aromatic heterocycles. The summed E-state index contributed by atoms with van der Waals surface area (Å²) in [6.45, 7) is 0.364. The Morgan fingerprint density at radius 3 is 2.41 bits per heavy atom. The van der Waals surface area contributed by atoms with E-state index in [9.17, 15) is 18.0 Å². The van der Waals surface area contributed by atoms with E-state index in [4.69, 9.17) is 4.74 Å². The molecule has 0 fully saturated rings. The van der Waals surface area contributed by atoms with Gasteiger partial charge in [0.25, 0.3) is 15.9 Å². The fourth-order valence-corrected chi connectivity index (χ4v) is 4.43. The molecule has 1 aliphatic heterocycles. The van der Waals surface area contributed by atoms with Crippen molar-refractivity contribution in [1.82, 2.24) is 9.21 Å². The number of ether oxygens (including phenoxy) is 1. The second-order valence-electron chi connectivity index (χ2n) is 6.11. The molecule has 3 rings (SSSR count). The molecular weight excluding hydrogens is 368 g/mol. The average Bonchev–Trinajstić information content (AvgIpc) is 2.87. The van der Waals surface area contributed by atoms with Crippen LogP contribution in [0.3, 0.4) is 0 Å². The molecule has 1 heterocycles. The number of benzene rings is 2. The van der Waals surface area contributed by atoms with Crippen molar-refractivity contribution in [3.63, 3.8) is 0 Å². The lowest BCUT2D eigenvalue weighted by molar-refractivity contribution is -0.132. The topological polar surface area (TPSA) is 84.0 Å². The van der Waals surface area contributed by atoms with Crippen LogP contribution in [0.15, 0.2) is 59.5 Å². The third-order valence-corrected chi connectivity index (χ3v) is 6.11. The Hall–Kier alpha value is -2.71. The van der Waals surface area contributed by atoms with Gasteiger partial charge >= 0.3 is 0 Å². The van der Waals surface area contributed by atoms with Gasteiger partial charge in [-0.05, 0) is 17.7 Å². The summed E-state index contributed by atoms with van der Waals surface area (Å²) >= 11 is 0. The molecule has 0 saturated heterocycles. The minimum absolute atomic E-state index is 0.0608. The third kappa shape index (κ3) is 3.86. The summed E-state index contributed by atoms with van der Waals surface area (Å²) in [5, 5.41) is 0. The molecule has 2 amide bonds. The zero-order chi connectivity index (χ0) is 19.4. The van der Waals surface area contributed by atoms with Crippen LogP contribution in [0.4, 0.5) is 0 Å². The van der Waals surface area contributed by atoms with Gasteiger partial charge in [0.05, 0.1) is 12.2 Å². The number of hydrogen-bond acceptors (Lipinski definition) is 5. The average molecular weight is 388 g/mol. The van der Waals surface area contributed by atoms with Crippen molar-refractivity contribution in [2.45, 2.75) is 11.4 Å². The van der Waals surface area contributed by atoms with Crippen molar-refractivity contribution < 1.29 is 22.7 Å². The Kier molecular flexibility index (Phi) is 5.57. The quantitative estimate of drug-likeness (QED) is 0.718. The highest BCUT2D eigenvalue weighted by Gasteiger charge is 2.42. The number of sulfonamides is 1. The van der Waals surface area contributed by atoms with Gasteiger partial charge in [0.15, 0.2) is 0 Å². The van der Waals surface area contributed by atoms with E-state index in [-0.39, 0.29) is 10.5 Å². The van der Waals surface area contributed by atoms with Crippen LogP contribution in [0.2, 0.25) is 0 Å². The number of carbonyl (C=O) groups excluding carboxylic acids is 2. The summed E-state index contributed by atoms with van der Waals surface area (Å²) in [4.78, 5) is 26.7. The van der Waals surface area contributed by atoms with Crippen LogP contribution in [0.5, 0.6) is 0 Å². The molecule has 7 nitrogen and oxygen atoms in total. The normalized spacial score (nSPS) is 14.9. The van der Waals surface area contributed by atoms with Gasteiger partial charge in [0.1, 0.15) is 11.4 Å². The summed E-state index contributed by atoms with van der Waals surface area (Å²) in [5.74, 6) is -1.13. The van der Waals surface area contributed by atoms with Gasteiger partial charge in [0, 0.05) is 20.2 Å². The first-order valence-corrected chi connectivity index (χ1v) is 9.86. The predicted molar refractivity (Wildman–Crippen MR) is 98.4 cm³/mol. The minimum Gasteiger partial charge on any atom is -0.383 e. The van der Waals surface area contributed by atoms with Gasteiger partial charge in [-0.25, -0.2) is 12.7 Å². The summed E-state index contributed by atoms with van der Waals surface area (Å²) in [6.07, 6.45) is 0. The predicted octanol–water partition coefficient (Wildman–Crippen LogP) is 1.51. The lowest BCUT2D eigenvalue weighted by Crippen LogP contribution is -2.43. The number of carbonyl (C=O) groups is 2. The number of nitrogens with zero attached hydrogens (tertiary/aromatic N) is 2. The van der Waals surface area contributed by atoms with Gasteiger partial charge in [-0.15, -0.1) is 0 Å². The van der Waals surface area contributed by atoms with Crippen LogP contribution in [0.25, 0.3) is 0 Å². The Bertz CT molecular complexity index is 944. The zero-order valence-corrected chi connectivity index (χ0v) is 15.7. The summed E-state index contributed by atoms with van der Waals surface area (Å²) in [5.41, 5.74) is 0.998. The van der Waals surface area contributed by atoms with Crippen molar-refractivity contribution >= 4 is 21.8 Å². The highest BCUT2D eigenvalue weighted by atomic mass is 32.2. The van der Waals surface area contributed by atoms with Crippen molar-refractivity contribution in [3.8, 4) is 0 Å². The smallest absolute Gasteiger partial charge is 0.269 e. The van der Waals surface area contributed by atoms with Gasteiger partial charge < -0.3 is 9.64 Å². The van der Waals surface area contributed by atoms with E-state index in [0.29, 0.717) is 24.0 Å². The first kappa shape index (κ1) is 19.1. The van der Waals surface area contributed by atoms with E-state index in [2.05, 4.69) is 0 Å². The maximum Gasteiger partial charge on any atom is 0.269 e. The van der Waals surface area contributed by atoms with Gasteiger partial charge in [0.2, 0.25) is 5.91 Å². The summed E-state index contributed by atoms with van der Waals surface area (Å²) < 4.78 is 31.0. The fourth-order valence-electron chi connectivity index (χ4n) is 2.91. The molecule has 0 N–H and O–H groups in total. The van der Waals surface area contributed by atoms with Gasteiger partial charge in [-0.1, -0.05) is 42.5 Å². The molecular formula is C19H20N2O5S. The third-order valence-electron chi connectivity index (χ3n) is 4.33. The fraction of sp³-hybridized carbons (Fsp3) is 0.263. The molecule has 1 aliphatic rings. The van der Waals surface area contributed by atoms with Crippen LogP contribution in [-0.2, 0) is 26.1 Å². The molecule has 0 aliphatic carbocycles. The van der Waals surface area contributed by atoms with E-state index >= 15 is 0 Å². The molecule has 2 aromatic rings. The number of methoxy groups -OCH3 is 1. The van der Waals surface area contributed by atoms with Crippen molar-refractivity contribution in [2.24, 2.45) is 0 Å². The van der Waals surface area contributed by atoms with Gasteiger partial charge in [-0.3, -0.25) is 9.59 Å². The molecule has 0 unspecified atom stereocenters. The first-order valence-electron chi connectivity index (χ1n) is 8.42. The van der Waals surface area contributed by atoms with Crippen LogP contribution < -0.4 is 0 Å². The highest BCUT2D eigenvalue weighted by Crippen LogP contribution is 2.29. The second-order valence-corrected chi connectivity index (χ2v) is 7.94.